The predicted molar refractivity (Wildman–Crippen MR) is 127 cm³/mol. The van der Waals surface area contributed by atoms with Gasteiger partial charge in [0.25, 0.3) is 11.8 Å². The quantitative estimate of drug-likeness (QED) is 0.530. The van der Waals surface area contributed by atoms with Crippen LogP contribution >= 0.6 is 0 Å². The first-order valence-electron chi connectivity index (χ1n) is 10.9. The summed E-state index contributed by atoms with van der Waals surface area (Å²) < 4.78 is 21.6. The highest BCUT2D eigenvalue weighted by atomic mass is 16.6. The predicted octanol–water partition coefficient (Wildman–Crippen LogP) is 3.70. The minimum atomic E-state index is -0.345. The summed E-state index contributed by atoms with van der Waals surface area (Å²) in [4.78, 5) is 25.7. The lowest BCUT2D eigenvalue weighted by molar-refractivity contribution is 0.0955. The van der Waals surface area contributed by atoms with Crippen LogP contribution in [0.5, 0.6) is 23.0 Å². The van der Waals surface area contributed by atoms with Crippen LogP contribution in [0.3, 0.4) is 0 Å². The van der Waals surface area contributed by atoms with Crippen molar-refractivity contribution in [3.8, 4) is 23.0 Å². The Kier molecular flexibility index (Phi) is 7.17. The Morgan fingerprint density at radius 1 is 0.853 bits per heavy atom. The van der Waals surface area contributed by atoms with Gasteiger partial charge in [0.1, 0.15) is 13.2 Å². The van der Waals surface area contributed by atoms with Gasteiger partial charge in [-0.1, -0.05) is 18.2 Å². The summed E-state index contributed by atoms with van der Waals surface area (Å²) in [6.45, 7) is 1.33. The van der Waals surface area contributed by atoms with Crippen LogP contribution in [-0.4, -0.2) is 45.8 Å². The van der Waals surface area contributed by atoms with E-state index in [1.54, 1.807) is 56.7 Å². The molecule has 34 heavy (non-hydrogen) atoms. The Morgan fingerprint density at radius 2 is 1.62 bits per heavy atom. The van der Waals surface area contributed by atoms with Crippen molar-refractivity contribution < 1.29 is 28.5 Å². The summed E-state index contributed by atoms with van der Waals surface area (Å²) in [6, 6.07) is 17.5. The molecule has 1 aliphatic rings. The number of methoxy groups -OCH3 is 2. The second-order valence-corrected chi connectivity index (χ2v) is 7.55. The summed E-state index contributed by atoms with van der Waals surface area (Å²) in [7, 11) is 3.17. The molecule has 0 spiro atoms. The summed E-state index contributed by atoms with van der Waals surface area (Å²) in [5, 5.41) is 5.73. The van der Waals surface area contributed by atoms with Crippen LogP contribution in [0.1, 0.15) is 26.3 Å². The Morgan fingerprint density at radius 3 is 2.41 bits per heavy atom. The van der Waals surface area contributed by atoms with Gasteiger partial charge in [-0.15, -0.1) is 0 Å². The number of carbonyl (C=O) groups is 2. The van der Waals surface area contributed by atoms with E-state index in [2.05, 4.69) is 10.6 Å². The molecule has 2 N–H and O–H groups in total. The molecular weight excluding hydrogens is 436 g/mol. The van der Waals surface area contributed by atoms with Crippen molar-refractivity contribution in [1.82, 2.24) is 5.32 Å². The van der Waals surface area contributed by atoms with Gasteiger partial charge in [-0.25, -0.2) is 0 Å². The zero-order valence-electron chi connectivity index (χ0n) is 19.1. The average molecular weight is 463 g/mol. The second kappa shape index (κ2) is 10.6. The first kappa shape index (κ1) is 23.0. The van der Waals surface area contributed by atoms with Gasteiger partial charge in [0.15, 0.2) is 23.0 Å². The SMILES string of the molecule is COc1ccc(CCNC(=O)c2ccccc2NC(=O)c2ccc3c(c2)OCCO3)cc1OC. The Balaban J connectivity index is 1.40. The largest absolute Gasteiger partial charge is 0.493 e. The third-order valence-corrected chi connectivity index (χ3v) is 5.37. The van der Waals surface area contributed by atoms with E-state index in [1.807, 2.05) is 18.2 Å². The van der Waals surface area contributed by atoms with E-state index in [4.69, 9.17) is 18.9 Å². The van der Waals surface area contributed by atoms with E-state index in [0.717, 1.165) is 5.56 Å². The zero-order valence-corrected chi connectivity index (χ0v) is 19.1. The van der Waals surface area contributed by atoms with Gasteiger partial charge in [-0.2, -0.15) is 0 Å². The molecule has 0 fully saturated rings. The maximum Gasteiger partial charge on any atom is 0.255 e. The van der Waals surface area contributed by atoms with Gasteiger partial charge >= 0.3 is 0 Å². The molecule has 0 saturated carbocycles. The van der Waals surface area contributed by atoms with Crippen molar-refractivity contribution in [2.75, 3.05) is 39.3 Å². The number of hydrogen-bond acceptors (Lipinski definition) is 6. The van der Waals surface area contributed by atoms with Gasteiger partial charge in [0.2, 0.25) is 0 Å². The van der Waals surface area contributed by atoms with Crippen LogP contribution in [-0.2, 0) is 6.42 Å². The molecule has 0 saturated heterocycles. The number of fused-ring (bicyclic) bond motifs is 1. The van der Waals surface area contributed by atoms with E-state index < -0.39 is 0 Å². The average Bonchev–Trinajstić information content (AvgIpc) is 2.88. The minimum Gasteiger partial charge on any atom is -0.493 e. The van der Waals surface area contributed by atoms with Crippen molar-refractivity contribution in [1.29, 1.82) is 0 Å². The highest BCUT2D eigenvalue weighted by molar-refractivity contribution is 6.09. The summed E-state index contributed by atoms with van der Waals surface area (Å²) in [5.74, 6) is 1.80. The van der Waals surface area contributed by atoms with Crippen LogP contribution in [0.25, 0.3) is 0 Å². The monoisotopic (exact) mass is 462 g/mol. The Hall–Kier alpha value is -4.20. The van der Waals surface area contributed by atoms with Crippen LogP contribution in [0.2, 0.25) is 0 Å². The fraction of sp³-hybridized carbons (Fsp3) is 0.231. The molecule has 0 unspecified atom stereocenters. The molecule has 1 aliphatic heterocycles. The van der Waals surface area contributed by atoms with Gasteiger partial charge < -0.3 is 29.6 Å². The molecule has 4 rings (SSSR count). The molecule has 8 nitrogen and oxygen atoms in total. The number of benzene rings is 3. The Labute approximate surface area is 197 Å². The molecular formula is C26H26N2O6. The number of para-hydroxylation sites is 1. The van der Waals surface area contributed by atoms with Gasteiger partial charge in [0, 0.05) is 12.1 Å². The third kappa shape index (κ3) is 5.23. The molecule has 176 valence electrons. The minimum absolute atomic E-state index is 0.279. The van der Waals surface area contributed by atoms with Gasteiger partial charge in [0.05, 0.1) is 25.5 Å². The molecule has 0 atom stereocenters. The van der Waals surface area contributed by atoms with E-state index in [-0.39, 0.29) is 11.8 Å². The number of anilines is 1. The second-order valence-electron chi connectivity index (χ2n) is 7.55. The molecule has 0 radical (unpaired) electrons. The van der Waals surface area contributed by atoms with Crippen molar-refractivity contribution in [3.05, 3.63) is 77.4 Å². The third-order valence-electron chi connectivity index (χ3n) is 5.37. The van der Waals surface area contributed by atoms with Crippen molar-refractivity contribution in [3.63, 3.8) is 0 Å². The maximum atomic E-state index is 12.8. The van der Waals surface area contributed by atoms with E-state index in [9.17, 15) is 9.59 Å². The first-order chi connectivity index (χ1) is 16.6. The standard InChI is InChI=1S/C26H26N2O6/c1-31-21-9-7-17(15-23(21)32-2)11-12-27-26(30)19-5-3-4-6-20(19)28-25(29)18-8-10-22-24(16-18)34-14-13-33-22/h3-10,15-16H,11-14H2,1-2H3,(H,27,30)(H,28,29). The number of carbonyl (C=O) groups excluding carboxylic acids is 2. The lowest BCUT2D eigenvalue weighted by Gasteiger charge is -2.19. The fourth-order valence-electron chi connectivity index (χ4n) is 3.62. The number of hydrogen-bond donors (Lipinski definition) is 2. The lowest BCUT2D eigenvalue weighted by Crippen LogP contribution is -2.27. The normalized spacial score (nSPS) is 11.9. The van der Waals surface area contributed by atoms with Crippen LogP contribution in [0, 0.1) is 0 Å². The zero-order chi connectivity index (χ0) is 23.9. The number of ether oxygens (including phenoxy) is 4. The topological polar surface area (TPSA) is 95.1 Å². The number of nitrogens with one attached hydrogen (secondary N) is 2. The smallest absolute Gasteiger partial charge is 0.255 e. The maximum absolute atomic E-state index is 12.8. The summed E-state index contributed by atoms with van der Waals surface area (Å²) >= 11 is 0. The summed E-state index contributed by atoms with van der Waals surface area (Å²) in [6.07, 6.45) is 0.609. The molecule has 3 aromatic carbocycles. The lowest BCUT2D eigenvalue weighted by atomic mass is 10.1. The van der Waals surface area contributed by atoms with Crippen molar-refractivity contribution >= 4 is 17.5 Å². The number of rotatable bonds is 8. The fourth-order valence-corrected chi connectivity index (χ4v) is 3.62. The molecule has 8 heteroatoms. The first-order valence-corrected chi connectivity index (χ1v) is 10.9. The molecule has 2 amide bonds. The molecule has 0 bridgehead atoms. The van der Waals surface area contributed by atoms with Gasteiger partial charge in [-0.3, -0.25) is 9.59 Å². The van der Waals surface area contributed by atoms with Crippen molar-refractivity contribution in [2.45, 2.75) is 6.42 Å². The van der Waals surface area contributed by atoms with E-state index in [0.29, 0.717) is 66.0 Å². The molecule has 0 aromatic heterocycles. The molecule has 0 aliphatic carbocycles. The number of amides is 2. The molecule has 1 heterocycles. The van der Waals surface area contributed by atoms with Crippen molar-refractivity contribution in [2.24, 2.45) is 0 Å². The molecule has 3 aromatic rings. The van der Waals surface area contributed by atoms with Crippen LogP contribution < -0.4 is 29.6 Å². The highest BCUT2D eigenvalue weighted by Gasteiger charge is 2.17. The summed E-state index contributed by atoms with van der Waals surface area (Å²) in [5.41, 5.74) is 2.21. The highest BCUT2D eigenvalue weighted by Crippen LogP contribution is 2.31. The Bertz CT molecular complexity index is 1190. The van der Waals surface area contributed by atoms with Crippen LogP contribution in [0.4, 0.5) is 5.69 Å². The van der Waals surface area contributed by atoms with E-state index in [1.165, 1.54) is 0 Å². The van der Waals surface area contributed by atoms with Gasteiger partial charge in [-0.05, 0) is 54.4 Å². The van der Waals surface area contributed by atoms with E-state index >= 15 is 0 Å². The van der Waals surface area contributed by atoms with Crippen LogP contribution in [0.15, 0.2) is 60.7 Å².